The fourth-order valence-corrected chi connectivity index (χ4v) is 5.40. The molecule has 0 amide bonds. The third-order valence-electron chi connectivity index (χ3n) is 5.54. The van der Waals surface area contributed by atoms with E-state index < -0.39 is 67.8 Å². The van der Waals surface area contributed by atoms with Gasteiger partial charge in [0.25, 0.3) is 30.4 Å². The first-order valence-corrected chi connectivity index (χ1v) is 15.5. The fourth-order valence-electron chi connectivity index (χ4n) is 3.41. The van der Waals surface area contributed by atoms with E-state index in [0.717, 1.165) is 6.07 Å². The van der Waals surface area contributed by atoms with E-state index in [4.69, 9.17) is 11.5 Å². The molecular weight excluding hydrogens is 588 g/mol. The molecule has 0 aliphatic heterocycles. The molecule has 40 heavy (non-hydrogen) atoms. The van der Waals surface area contributed by atoms with Crippen LogP contribution in [0, 0.1) is 0 Å². The van der Waals surface area contributed by atoms with Crippen LogP contribution < -0.4 is 11.5 Å². The van der Waals surface area contributed by atoms with Crippen molar-refractivity contribution in [3.8, 4) is 0 Å². The summed E-state index contributed by atoms with van der Waals surface area (Å²) >= 11 is 0. The van der Waals surface area contributed by atoms with Crippen LogP contribution in [-0.4, -0.2) is 38.9 Å². The molecule has 3 aromatic carbocycles. The van der Waals surface area contributed by atoms with Crippen LogP contribution in [0.3, 0.4) is 0 Å². The summed E-state index contributed by atoms with van der Waals surface area (Å²) < 4.78 is 100. The highest BCUT2D eigenvalue weighted by atomic mass is 32.2. The Morgan fingerprint density at radius 3 is 1.38 bits per heavy atom. The van der Waals surface area contributed by atoms with E-state index in [2.05, 4.69) is 20.5 Å². The van der Waals surface area contributed by atoms with Crippen LogP contribution in [0.5, 0.6) is 0 Å². The Labute approximate surface area is 229 Å². The topological polar surface area (TPSA) is 265 Å². The van der Waals surface area contributed by atoms with Crippen LogP contribution in [-0.2, 0) is 43.2 Å². The van der Waals surface area contributed by atoms with Gasteiger partial charge in [-0.1, -0.05) is 26.0 Å². The van der Waals surface area contributed by atoms with Gasteiger partial charge in [0, 0.05) is 0 Å². The Bertz CT molecular complexity index is 1870. The van der Waals surface area contributed by atoms with Crippen molar-refractivity contribution in [3.05, 3.63) is 53.6 Å². The van der Waals surface area contributed by atoms with Gasteiger partial charge < -0.3 is 11.5 Å². The molecule has 0 heterocycles. The molecule has 0 saturated carbocycles. The molecule has 3 aromatic rings. The largest absolute Gasteiger partial charge is 0.396 e. The van der Waals surface area contributed by atoms with Gasteiger partial charge in [0.15, 0.2) is 0 Å². The lowest BCUT2D eigenvalue weighted by Crippen LogP contribution is -2.05. The molecule has 7 N–H and O–H groups in total. The molecule has 0 radical (unpaired) electrons. The Hall–Kier alpha value is -3.81. The van der Waals surface area contributed by atoms with Gasteiger partial charge in [-0.15, -0.1) is 20.5 Å². The van der Waals surface area contributed by atoms with E-state index in [1.807, 2.05) is 0 Å². The molecule has 3 rings (SSSR count). The van der Waals surface area contributed by atoms with Crippen LogP contribution in [0.15, 0.2) is 77.6 Å². The molecule has 0 atom stereocenters. The Kier molecular flexibility index (Phi) is 8.72. The number of azo groups is 2. The Morgan fingerprint density at radius 2 is 0.975 bits per heavy atom. The van der Waals surface area contributed by atoms with Gasteiger partial charge in [0.2, 0.25) is 0 Å². The van der Waals surface area contributed by atoms with E-state index in [1.54, 1.807) is 13.8 Å². The van der Waals surface area contributed by atoms with Gasteiger partial charge in [-0.25, -0.2) is 0 Å². The lowest BCUT2D eigenvalue weighted by atomic mass is 10.1. The minimum absolute atomic E-state index is 0.318. The highest BCUT2D eigenvalue weighted by Gasteiger charge is 2.24. The number of nitrogen functional groups attached to an aromatic ring is 2. The van der Waals surface area contributed by atoms with Crippen LogP contribution in [0.2, 0.25) is 0 Å². The van der Waals surface area contributed by atoms with Crippen LogP contribution in [0.25, 0.3) is 0 Å². The number of aryl methyl sites for hydroxylation is 2. The van der Waals surface area contributed by atoms with E-state index in [-0.39, 0.29) is 11.4 Å². The average molecular weight is 613 g/mol. The molecule has 0 aliphatic rings. The number of nitrogens with two attached hydrogens (primary N) is 2. The normalized spacial score (nSPS) is 12.9. The number of nitrogens with zero attached hydrogens (tertiary/aromatic N) is 4. The first kappa shape index (κ1) is 30.7. The highest BCUT2D eigenvalue weighted by Crippen LogP contribution is 2.43. The van der Waals surface area contributed by atoms with Crippen molar-refractivity contribution in [2.45, 2.75) is 41.4 Å². The smallest absolute Gasteiger partial charge is 0.296 e. The Morgan fingerprint density at radius 1 is 0.575 bits per heavy atom. The number of hydrogen-bond donors (Lipinski definition) is 5. The summed E-state index contributed by atoms with van der Waals surface area (Å²) in [6.07, 6.45) is 0.877. The maximum atomic E-state index is 12.0. The van der Waals surface area contributed by atoms with Gasteiger partial charge in [0.05, 0.1) is 11.4 Å². The molecule has 18 heteroatoms. The third kappa shape index (κ3) is 6.84. The van der Waals surface area contributed by atoms with Crippen molar-refractivity contribution in [3.63, 3.8) is 0 Å². The Balaban J connectivity index is 2.23. The van der Waals surface area contributed by atoms with Gasteiger partial charge in [-0.05, 0) is 54.3 Å². The quantitative estimate of drug-likeness (QED) is 0.127. The van der Waals surface area contributed by atoms with Gasteiger partial charge in [-0.2, -0.15) is 25.3 Å². The van der Waals surface area contributed by atoms with E-state index in [0.29, 0.717) is 24.0 Å². The third-order valence-corrected chi connectivity index (χ3v) is 8.20. The molecule has 0 fully saturated rings. The summed E-state index contributed by atoms with van der Waals surface area (Å²) in [6, 6.07) is 8.62. The molecule has 0 saturated heterocycles. The summed E-state index contributed by atoms with van der Waals surface area (Å²) in [5.74, 6) is 0. The fraction of sp³-hybridized carbons (Fsp3) is 0.182. The van der Waals surface area contributed by atoms with Gasteiger partial charge in [-0.3, -0.25) is 13.7 Å². The lowest BCUT2D eigenvalue weighted by molar-refractivity contribution is 0.481. The summed E-state index contributed by atoms with van der Waals surface area (Å²) in [6.45, 7) is 3.50. The number of hydrogen-bond acceptors (Lipinski definition) is 12. The van der Waals surface area contributed by atoms with Crippen LogP contribution >= 0.6 is 0 Å². The second kappa shape index (κ2) is 11.4. The zero-order valence-electron chi connectivity index (χ0n) is 20.9. The van der Waals surface area contributed by atoms with Crippen molar-refractivity contribution < 1.29 is 38.9 Å². The van der Waals surface area contributed by atoms with Gasteiger partial charge in [0.1, 0.15) is 37.4 Å². The minimum atomic E-state index is -5.00. The first-order chi connectivity index (χ1) is 18.5. The molecular formula is C22H24N6O9S3. The zero-order valence-corrected chi connectivity index (χ0v) is 23.4. The van der Waals surface area contributed by atoms with E-state index in [9.17, 15) is 38.9 Å². The minimum Gasteiger partial charge on any atom is -0.396 e. The van der Waals surface area contributed by atoms with Crippen LogP contribution in [0.4, 0.5) is 34.1 Å². The molecule has 0 unspecified atom stereocenters. The van der Waals surface area contributed by atoms with Gasteiger partial charge >= 0.3 is 0 Å². The SMILES string of the molecule is CCc1ccc(N=Nc2cc(S(=O)(=O)O)c(N)c(N=Nc3ccc(CC)cc3S(=O)(=O)O)c2N)c(S(=O)(=O)O)c1. The highest BCUT2D eigenvalue weighted by molar-refractivity contribution is 7.86. The van der Waals surface area contributed by atoms with Crippen molar-refractivity contribution in [1.82, 2.24) is 0 Å². The molecule has 0 aromatic heterocycles. The summed E-state index contributed by atoms with van der Waals surface area (Å²) in [7, 11) is -14.5. The molecule has 0 aliphatic carbocycles. The second-order valence-corrected chi connectivity index (χ2v) is 12.4. The zero-order chi connectivity index (χ0) is 30.0. The molecule has 0 bridgehead atoms. The maximum absolute atomic E-state index is 12.0. The van der Waals surface area contributed by atoms with Crippen molar-refractivity contribution in [2.75, 3.05) is 11.5 Å². The van der Waals surface area contributed by atoms with Crippen molar-refractivity contribution >= 4 is 64.5 Å². The van der Waals surface area contributed by atoms with Crippen LogP contribution in [0.1, 0.15) is 25.0 Å². The predicted octanol–water partition coefficient (Wildman–Crippen LogP) is 4.55. The first-order valence-electron chi connectivity index (χ1n) is 11.2. The second-order valence-electron chi connectivity index (χ2n) is 8.21. The maximum Gasteiger partial charge on any atom is 0.296 e. The summed E-state index contributed by atoms with van der Waals surface area (Å²) in [5, 5.41) is 15.0. The number of anilines is 2. The lowest BCUT2D eigenvalue weighted by Gasteiger charge is -2.11. The van der Waals surface area contributed by atoms with Crippen molar-refractivity contribution in [1.29, 1.82) is 0 Å². The van der Waals surface area contributed by atoms with E-state index in [1.165, 1.54) is 36.4 Å². The van der Waals surface area contributed by atoms with Crippen molar-refractivity contribution in [2.24, 2.45) is 20.5 Å². The number of rotatable bonds is 9. The van der Waals surface area contributed by atoms with E-state index >= 15 is 0 Å². The molecule has 214 valence electrons. The number of benzene rings is 3. The standard InChI is InChI=1S/C22H24N6O9S3/c1-3-12-5-7-14(17(9-12)38(29,30)31)25-27-16-11-19(40(35,36)37)21(24)22(20(16)23)28-26-15-8-6-13(4-2)10-18(15)39(32,33)34/h5-11H,3-4,23-24H2,1-2H3,(H,29,30,31)(H,32,33,34)(H,35,36,37). The monoisotopic (exact) mass is 612 g/mol. The summed E-state index contributed by atoms with van der Waals surface area (Å²) in [4.78, 5) is -2.07. The molecule has 15 nitrogen and oxygen atoms in total. The predicted molar refractivity (Wildman–Crippen MR) is 145 cm³/mol. The average Bonchev–Trinajstić information content (AvgIpc) is 2.86. The molecule has 0 spiro atoms. The summed E-state index contributed by atoms with van der Waals surface area (Å²) in [5.41, 5.74) is 10.3.